The minimum Gasteiger partial charge on any atom is -1.00 e. The van der Waals surface area contributed by atoms with Crippen LogP contribution < -0.4 is 29.6 Å². The van der Waals surface area contributed by atoms with Crippen molar-refractivity contribution in [2.45, 2.75) is 0 Å². The molecule has 0 spiro atoms. The third-order valence-electron chi connectivity index (χ3n) is 0. The van der Waals surface area contributed by atoms with Crippen LogP contribution in [-0.2, 0) is 26.3 Å². The van der Waals surface area contributed by atoms with Gasteiger partial charge >= 0.3 is 29.6 Å². The molecule has 0 aliphatic rings. The molecule has 0 heterocycles. The predicted octanol–water partition coefficient (Wildman–Crippen LogP) is -4.51. The Kier molecular flexibility index (Phi) is 101. The number of hydrogen-bond acceptors (Lipinski definition) is 1. The molecular formula is H7AlNaOPSiTi. The Hall–Kier alpha value is 2.56. The average molecular weight is 180 g/mol. The molecule has 0 rings (SSSR count). The molecule has 0 aliphatic heterocycles. The molecule has 0 radical (unpaired) electrons. The molecule has 0 unspecified atom stereocenters. The molecule has 0 atom stereocenters. The van der Waals surface area contributed by atoms with E-state index in [1.165, 1.54) is 0 Å². The molecule has 6 heteroatoms. The van der Waals surface area contributed by atoms with Crippen molar-refractivity contribution in [1.29, 1.82) is 0 Å². The van der Waals surface area contributed by atoms with Crippen LogP contribution in [0.15, 0.2) is 0 Å². The first-order valence-corrected chi connectivity index (χ1v) is 4.57. The molecule has 0 aliphatic carbocycles. The minimum absolute atomic E-state index is 0. The second-order valence-corrected chi connectivity index (χ2v) is 1.64. The molecule has 0 aromatic rings. The standard InChI is InChI=1S/Al.Na.H3OPSi.Ti.4H/c;;1-2-3;;;;;/h;;3H3;;;;;/q;+1;;;;;;-1. The Morgan fingerprint density at radius 2 is 1.67 bits per heavy atom. The Morgan fingerprint density at radius 1 is 1.67 bits per heavy atom. The molecule has 30 valence electrons. The van der Waals surface area contributed by atoms with E-state index >= 15 is 0 Å². The van der Waals surface area contributed by atoms with Crippen molar-refractivity contribution in [1.82, 2.24) is 0 Å². The summed E-state index contributed by atoms with van der Waals surface area (Å²) in [5, 5.41) is 0. The summed E-state index contributed by atoms with van der Waals surface area (Å²) in [4.78, 5) is 0. The van der Waals surface area contributed by atoms with Crippen molar-refractivity contribution in [2.75, 3.05) is 0 Å². The molecule has 0 bridgehead atoms. The zero-order valence-corrected chi connectivity index (χ0v) is 9.81. The molecular weight excluding hydrogens is 173 g/mol. The van der Waals surface area contributed by atoms with E-state index in [-0.39, 0.29) is 70.1 Å². The van der Waals surface area contributed by atoms with Gasteiger partial charge in [-0.25, -0.2) is 0 Å². The van der Waals surface area contributed by atoms with E-state index in [1.54, 1.807) is 0 Å². The minimum atomic E-state index is 0. The molecule has 0 N–H and O–H groups in total. The zero-order chi connectivity index (χ0) is 2.71. The maximum atomic E-state index is 8.96. The summed E-state index contributed by atoms with van der Waals surface area (Å²) in [5.74, 6) is 0. The molecule has 0 aromatic carbocycles. The SMILES string of the molecule is O=P[SiH3].[AlH3].[H-].[Na+].[Ti]. The third kappa shape index (κ3) is 30.9. The van der Waals surface area contributed by atoms with Gasteiger partial charge in [0.15, 0.2) is 17.4 Å². The Morgan fingerprint density at radius 3 is 1.67 bits per heavy atom. The smallest absolute Gasteiger partial charge is 1.00 e. The van der Waals surface area contributed by atoms with Gasteiger partial charge in [-0.2, -0.15) is 0 Å². The van der Waals surface area contributed by atoms with Crippen LogP contribution in [0, 0.1) is 0 Å². The van der Waals surface area contributed by atoms with Gasteiger partial charge in [0.25, 0.3) is 0 Å². The average Bonchev–Trinajstić information content (AvgIpc) is 0.918. The quantitative estimate of drug-likeness (QED) is 0.271. The van der Waals surface area contributed by atoms with Crippen LogP contribution in [0.5, 0.6) is 0 Å². The van der Waals surface area contributed by atoms with Crippen LogP contribution >= 0.6 is 8.01 Å². The van der Waals surface area contributed by atoms with Gasteiger partial charge in [0.1, 0.15) is 17.9 Å². The van der Waals surface area contributed by atoms with Gasteiger partial charge in [0.2, 0.25) is 0 Å². The summed E-state index contributed by atoms with van der Waals surface area (Å²) in [5.41, 5.74) is 0. The summed E-state index contributed by atoms with van der Waals surface area (Å²) in [6.45, 7) is 0. The van der Waals surface area contributed by atoms with E-state index in [0.29, 0.717) is 8.01 Å². The van der Waals surface area contributed by atoms with Crippen molar-refractivity contribution >= 4 is 35.3 Å². The van der Waals surface area contributed by atoms with E-state index in [1.807, 2.05) is 0 Å². The van der Waals surface area contributed by atoms with Gasteiger partial charge in [-0.3, -0.25) is 4.57 Å². The first kappa shape index (κ1) is 23.5. The maximum absolute atomic E-state index is 8.96. The van der Waals surface area contributed by atoms with Crippen LogP contribution in [0.1, 0.15) is 1.43 Å². The first-order valence-electron chi connectivity index (χ1n) is 0.630. The molecule has 1 nitrogen and oxygen atoms in total. The molecule has 0 fully saturated rings. The second-order valence-electron chi connectivity index (χ2n) is 0.183. The van der Waals surface area contributed by atoms with E-state index in [0.717, 1.165) is 9.91 Å². The van der Waals surface area contributed by atoms with Gasteiger partial charge < -0.3 is 1.43 Å². The zero-order valence-electron chi connectivity index (χ0n) is 4.36. The number of hydrogen-bond donors (Lipinski definition) is 0. The van der Waals surface area contributed by atoms with Gasteiger partial charge in [-0.15, -0.1) is 0 Å². The molecule has 6 heavy (non-hydrogen) atoms. The Bertz CT molecular complexity index is 27.2. The van der Waals surface area contributed by atoms with Gasteiger partial charge in [-0.1, -0.05) is 0 Å². The van der Waals surface area contributed by atoms with E-state index in [9.17, 15) is 0 Å². The van der Waals surface area contributed by atoms with Crippen LogP contribution in [0.4, 0.5) is 0 Å². The monoisotopic (exact) mass is 180 g/mol. The normalized spacial score (nSPS) is 4.00. The summed E-state index contributed by atoms with van der Waals surface area (Å²) < 4.78 is 8.96. The molecule has 0 amide bonds. The van der Waals surface area contributed by atoms with Crippen molar-refractivity contribution < 1.29 is 57.3 Å². The number of rotatable bonds is 0. The fourth-order valence-corrected chi connectivity index (χ4v) is 0. The van der Waals surface area contributed by atoms with Crippen molar-refractivity contribution in [3.05, 3.63) is 0 Å². The second kappa shape index (κ2) is 25.7. The third-order valence-corrected chi connectivity index (χ3v) is 0. The fraction of sp³-hybridized carbons (Fsp3) is 0. The summed E-state index contributed by atoms with van der Waals surface area (Å²) in [7, 11) is 1.09. The van der Waals surface area contributed by atoms with Gasteiger partial charge in [-0.05, 0) is 0 Å². The topological polar surface area (TPSA) is 17.1 Å². The molecule has 0 saturated heterocycles. The van der Waals surface area contributed by atoms with Crippen LogP contribution in [-0.4, -0.2) is 27.3 Å². The van der Waals surface area contributed by atoms with E-state index < -0.39 is 0 Å². The summed E-state index contributed by atoms with van der Waals surface area (Å²) in [6, 6.07) is 0. The van der Waals surface area contributed by atoms with Crippen molar-refractivity contribution in [3.8, 4) is 0 Å². The molecule has 0 aromatic heterocycles. The van der Waals surface area contributed by atoms with E-state index in [4.69, 9.17) is 4.57 Å². The fourth-order valence-electron chi connectivity index (χ4n) is 0. The summed E-state index contributed by atoms with van der Waals surface area (Å²) in [6.07, 6.45) is 0. The first-order chi connectivity index (χ1) is 1.41. The predicted molar refractivity (Wildman–Crippen MR) is 28.6 cm³/mol. The van der Waals surface area contributed by atoms with Crippen LogP contribution in [0.2, 0.25) is 0 Å². The largest absolute Gasteiger partial charge is 1.00 e. The Labute approximate surface area is 91.3 Å². The van der Waals surface area contributed by atoms with Crippen molar-refractivity contribution in [2.24, 2.45) is 0 Å². The van der Waals surface area contributed by atoms with Crippen LogP contribution in [0.25, 0.3) is 0 Å². The Balaban J connectivity index is -0.00000000333. The molecule has 0 saturated carbocycles. The van der Waals surface area contributed by atoms with Gasteiger partial charge in [0.05, 0.1) is 0 Å². The van der Waals surface area contributed by atoms with Crippen LogP contribution in [0.3, 0.4) is 0 Å². The maximum Gasteiger partial charge on any atom is 1.00 e. The van der Waals surface area contributed by atoms with E-state index in [2.05, 4.69) is 0 Å². The summed E-state index contributed by atoms with van der Waals surface area (Å²) >= 11 is 0. The van der Waals surface area contributed by atoms with Gasteiger partial charge in [0, 0.05) is 21.7 Å². The van der Waals surface area contributed by atoms with Crippen molar-refractivity contribution in [3.63, 3.8) is 0 Å².